The Hall–Kier alpha value is -2.86. The molecule has 0 aliphatic carbocycles. The number of aryl methyl sites for hydroxylation is 3. The highest BCUT2D eigenvalue weighted by atomic mass is 35.5. The Kier molecular flexibility index (Phi) is 4.51. The molecule has 6 nitrogen and oxygen atoms in total. The van der Waals surface area contributed by atoms with Gasteiger partial charge in [0, 0.05) is 31.9 Å². The zero-order chi connectivity index (χ0) is 20.0. The van der Waals surface area contributed by atoms with Crippen LogP contribution in [0.3, 0.4) is 0 Å². The van der Waals surface area contributed by atoms with Crippen LogP contribution in [0.4, 0.5) is 5.82 Å². The summed E-state index contributed by atoms with van der Waals surface area (Å²) in [6.07, 6.45) is 5.71. The second-order valence-electron chi connectivity index (χ2n) is 7.47. The van der Waals surface area contributed by atoms with Crippen molar-refractivity contribution in [3.05, 3.63) is 59.3 Å². The van der Waals surface area contributed by atoms with E-state index in [-0.39, 0.29) is 0 Å². The molecule has 4 aromatic rings. The van der Waals surface area contributed by atoms with E-state index in [1.54, 1.807) is 6.20 Å². The summed E-state index contributed by atoms with van der Waals surface area (Å²) in [5, 5.41) is 0.612. The molecule has 0 fully saturated rings. The van der Waals surface area contributed by atoms with Gasteiger partial charge in [0.1, 0.15) is 11.6 Å². The predicted octanol–water partition coefficient (Wildman–Crippen LogP) is 4.46. The number of benzene rings is 1. The number of rotatable bonds is 3. The molecular formula is C22H23ClN6. The number of fused-ring (bicyclic) bond motifs is 2. The van der Waals surface area contributed by atoms with Crippen molar-refractivity contribution in [3.8, 4) is 11.4 Å². The van der Waals surface area contributed by atoms with Gasteiger partial charge in [0.2, 0.25) is 0 Å². The maximum absolute atomic E-state index is 6.56. The quantitative estimate of drug-likeness (QED) is 0.504. The summed E-state index contributed by atoms with van der Waals surface area (Å²) in [5.74, 6) is 1.78. The number of pyridine rings is 1. The van der Waals surface area contributed by atoms with E-state index in [0.717, 1.165) is 60.7 Å². The molecule has 0 unspecified atom stereocenters. The molecule has 1 aliphatic rings. The Bertz CT molecular complexity index is 1190. The first-order chi connectivity index (χ1) is 14.2. The van der Waals surface area contributed by atoms with Gasteiger partial charge in [0.25, 0.3) is 0 Å². The largest absolute Gasteiger partial charge is 0.351 e. The lowest BCUT2D eigenvalue weighted by atomic mass is 10.2. The second kappa shape index (κ2) is 7.19. The Morgan fingerprint density at radius 3 is 2.83 bits per heavy atom. The van der Waals surface area contributed by atoms with E-state index in [9.17, 15) is 0 Å². The van der Waals surface area contributed by atoms with Crippen molar-refractivity contribution < 1.29 is 0 Å². The number of hydrogen-bond acceptors (Lipinski definition) is 4. The van der Waals surface area contributed by atoms with Crippen LogP contribution in [0.15, 0.2) is 42.9 Å². The zero-order valence-corrected chi connectivity index (χ0v) is 17.4. The lowest BCUT2D eigenvalue weighted by Gasteiger charge is -2.22. The van der Waals surface area contributed by atoms with Crippen molar-refractivity contribution in [3.63, 3.8) is 0 Å². The van der Waals surface area contributed by atoms with Gasteiger partial charge in [-0.05, 0) is 31.0 Å². The van der Waals surface area contributed by atoms with Crippen molar-refractivity contribution in [2.75, 3.05) is 11.4 Å². The fourth-order valence-corrected chi connectivity index (χ4v) is 4.35. The van der Waals surface area contributed by atoms with E-state index in [4.69, 9.17) is 16.6 Å². The minimum atomic E-state index is 0.612. The highest BCUT2D eigenvalue weighted by molar-refractivity contribution is 6.33. The second-order valence-corrected chi connectivity index (χ2v) is 7.87. The van der Waals surface area contributed by atoms with E-state index in [1.165, 1.54) is 11.4 Å². The lowest BCUT2D eigenvalue weighted by Crippen LogP contribution is -2.24. The predicted molar refractivity (Wildman–Crippen MR) is 116 cm³/mol. The van der Waals surface area contributed by atoms with Crippen LogP contribution in [0.1, 0.15) is 24.7 Å². The van der Waals surface area contributed by atoms with E-state index < -0.39 is 0 Å². The minimum absolute atomic E-state index is 0.612. The molecule has 29 heavy (non-hydrogen) atoms. The third-order valence-electron chi connectivity index (χ3n) is 5.73. The van der Waals surface area contributed by atoms with E-state index in [0.29, 0.717) is 5.02 Å². The minimum Gasteiger partial charge on any atom is -0.351 e. The molecule has 1 aliphatic heterocycles. The molecule has 0 atom stereocenters. The van der Waals surface area contributed by atoms with Crippen molar-refractivity contribution in [2.45, 2.75) is 32.9 Å². The number of hydrogen-bond donors (Lipinski definition) is 0. The topological polar surface area (TPSA) is 51.8 Å². The summed E-state index contributed by atoms with van der Waals surface area (Å²) < 4.78 is 4.37. The number of imidazole rings is 2. The number of aromatic nitrogens is 5. The first-order valence-corrected chi connectivity index (χ1v) is 10.4. The Morgan fingerprint density at radius 2 is 2.00 bits per heavy atom. The monoisotopic (exact) mass is 406 g/mol. The van der Waals surface area contributed by atoms with Crippen molar-refractivity contribution >= 4 is 28.5 Å². The molecule has 0 N–H and O–H groups in total. The summed E-state index contributed by atoms with van der Waals surface area (Å²) in [5.41, 5.74) is 5.41. The molecule has 1 aromatic carbocycles. The molecule has 0 saturated heterocycles. The number of para-hydroxylation sites is 2. The van der Waals surface area contributed by atoms with Gasteiger partial charge in [-0.2, -0.15) is 0 Å². The van der Waals surface area contributed by atoms with Crippen LogP contribution >= 0.6 is 11.6 Å². The third-order valence-corrected chi connectivity index (χ3v) is 6.03. The van der Waals surface area contributed by atoms with Crippen LogP contribution < -0.4 is 4.90 Å². The van der Waals surface area contributed by atoms with Gasteiger partial charge >= 0.3 is 0 Å². The molecule has 0 saturated carbocycles. The van der Waals surface area contributed by atoms with Gasteiger partial charge in [0.05, 0.1) is 40.3 Å². The van der Waals surface area contributed by atoms with E-state index in [1.807, 2.05) is 31.6 Å². The Morgan fingerprint density at radius 1 is 1.14 bits per heavy atom. The van der Waals surface area contributed by atoms with Crippen LogP contribution in [0.5, 0.6) is 0 Å². The molecule has 0 spiro atoms. The first-order valence-electron chi connectivity index (χ1n) is 10.0. The van der Waals surface area contributed by atoms with Gasteiger partial charge in [-0.25, -0.2) is 15.0 Å². The summed E-state index contributed by atoms with van der Waals surface area (Å²) >= 11 is 6.56. The smallest absolute Gasteiger partial charge is 0.142 e. The average Bonchev–Trinajstić information content (AvgIpc) is 3.21. The maximum atomic E-state index is 6.56. The molecule has 5 rings (SSSR count). The van der Waals surface area contributed by atoms with Gasteiger partial charge in [-0.15, -0.1) is 0 Å². The van der Waals surface area contributed by atoms with Crippen molar-refractivity contribution in [1.29, 1.82) is 0 Å². The van der Waals surface area contributed by atoms with Crippen LogP contribution in [0.2, 0.25) is 5.02 Å². The fourth-order valence-electron chi connectivity index (χ4n) is 4.17. The summed E-state index contributed by atoms with van der Waals surface area (Å²) in [7, 11) is 2.03. The zero-order valence-electron chi connectivity index (χ0n) is 16.6. The van der Waals surface area contributed by atoms with Crippen LogP contribution in [-0.2, 0) is 26.6 Å². The van der Waals surface area contributed by atoms with Crippen molar-refractivity contribution in [2.24, 2.45) is 7.05 Å². The fraction of sp³-hybridized carbons (Fsp3) is 0.318. The molecular weight excluding hydrogens is 384 g/mol. The number of halogens is 1. The normalized spacial score (nSPS) is 14.2. The van der Waals surface area contributed by atoms with Crippen LogP contribution in [0.25, 0.3) is 22.4 Å². The van der Waals surface area contributed by atoms with E-state index >= 15 is 0 Å². The number of nitrogens with zero attached hydrogens (tertiary/aromatic N) is 6. The van der Waals surface area contributed by atoms with Gasteiger partial charge in [0.15, 0.2) is 0 Å². The highest BCUT2D eigenvalue weighted by Gasteiger charge is 2.21. The van der Waals surface area contributed by atoms with Crippen molar-refractivity contribution in [1.82, 2.24) is 24.1 Å². The first kappa shape index (κ1) is 18.2. The summed E-state index contributed by atoms with van der Waals surface area (Å²) in [6, 6.07) is 10.2. The Balaban J connectivity index is 1.56. The van der Waals surface area contributed by atoms with E-state index in [2.05, 4.69) is 43.1 Å². The standard InChI is InChI=1S/C22H23ClN6/c1-3-17-20-13-28(9-6-10-29(20)14-25-17)21-11-15(16(23)12-24-21)22-26-18-7-4-5-8-19(18)27(22)2/h4-5,7-8,11-12,14H,3,6,9-10,13H2,1-2H3. The van der Waals surface area contributed by atoms with Crippen LogP contribution in [-0.4, -0.2) is 30.6 Å². The molecule has 7 heteroatoms. The molecule has 148 valence electrons. The maximum Gasteiger partial charge on any atom is 0.142 e. The molecule has 3 aromatic heterocycles. The molecule has 0 amide bonds. The lowest BCUT2D eigenvalue weighted by molar-refractivity contribution is 0.659. The Labute approximate surface area is 174 Å². The van der Waals surface area contributed by atoms with Crippen LogP contribution in [0, 0.1) is 0 Å². The highest BCUT2D eigenvalue weighted by Crippen LogP contribution is 2.32. The van der Waals surface area contributed by atoms with Gasteiger partial charge < -0.3 is 14.0 Å². The van der Waals surface area contributed by atoms with Gasteiger partial charge in [-0.3, -0.25) is 0 Å². The van der Waals surface area contributed by atoms with Gasteiger partial charge in [-0.1, -0.05) is 30.7 Å². The third kappa shape index (κ3) is 3.08. The SMILES string of the molecule is CCc1ncn2c1CN(c1cc(-c3nc4ccccc4n3C)c(Cl)cn1)CCC2. The summed E-state index contributed by atoms with van der Waals surface area (Å²) in [6.45, 7) is 4.90. The molecule has 0 bridgehead atoms. The summed E-state index contributed by atoms with van der Waals surface area (Å²) in [4.78, 5) is 16.4. The number of anilines is 1. The molecule has 0 radical (unpaired) electrons. The average molecular weight is 407 g/mol. The molecule has 4 heterocycles.